The number of carbonyl (C=O) groups is 3. The summed E-state index contributed by atoms with van der Waals surface area (Å²) in [6.07, 6.45) is 1.69. The van der Waals surface area contributed by atoms with E-state index in [1.54, 1.807) is 24.3 Å². The van der Waals surface area contributed by atoms with Gasteiger partial charge in [0.05, 0.1) is 24.1 Å². The molecule has 4 aliphatic heterocycles. The molecule has 4 aliphatic rings. The van der Waals surface area contributed by atoms with Crippen LogP contribution in [0.1, 0.15) is 24.0 Å². The fourth-order valence-electron chi connectivity index (χ4n) is 7.11. The maximum Gasteiger partial charge on any atom is 0.253 e. The minimum atomic E-state index is -1.18. The van der Waals surface area contributed by atoms with Gasteiger partial charge in [0.1, 0.15) is 5.54 Å². The van der Waals surface area contributed by atoms with E-state index >= 15 is 0 Å². The highest BCUT2D eigenvalue weighted by atomic mass is 35.5. The van der Waals surface area contributed by atoms with Crippen LogP contribution in [0.5, 0.6) is 0 Å². The Balaban J connectivity index is 1.39. The van der Waals surface area contributed by atoms with Crippen LogP contribution in [0.25, 0.3) is 0 Å². The first-order chi connectivity index (χ1) is 17.5. The Labute approximate surface area is 214 Å². The molecular weight excluding hydrogens is 474 g/mol. The first kappa shape index (κ1) is 21.8. The first-order valence-electron chi connectivity index (χ1n) is 12.4. The van der Waals surface area contributed by atoms with Crippen LogP contribution < -0.4 is 9.80 Å². The van der Waals surface area contributed by atoms with Crippen molar-refractivity contribution in [2.24, 2.45) is 11.8 Å². The topological polar surface area (TPSA) is 60.9 Å². The first-order valence-corrected chi connectivity index (χ1v) is 12.8. The lowest BCUT2D eigenvalue weighted by Gasteiger charge is -2.37. The summed E-state index contributed by atoms with van der Waals surface area (Å²) in [5, 5.41) is 0.535. The van der Waals surface area contributed by atoms with E-state index in [2.05, 4.69) is 4.90 Å². The van der Waals surface area contributed by atoms with Crippen molar-refractivity contribution in [2.45, 2.75) is 31.0 Å². The molecule has 3 aromatic rings. The van der Waals surface area contributed by atoms with E-state index in [4.69, 9.17) is 11.6 Å². The van der Waals surface area contributed by atoms with E-state index < -0.39 is 17.4 Å². The predicted molar refractivity (Wildman–Crippen MR) is 136 cm³/mol. The molecular formula is C29H24ClN3O3. The minimum Gasteiger partial charge on any atom is -0.306 e. The van der Waals surface area contributed by atoms with Crippen molar-refractivity contribution in [1.29, 1.82) is 0 Å². The summed E-state index contributed by atoms with van der Waals surface area (Å²) in [4.78, 5) is 47.9. The van der Waals surface area contributed by atoms with E-state index in [0.717, 1.165) is 29.7 Å². The van der Waals surface area contributed by atoms with E-state index in [-0.39, 0.29) is 23.8 Å². The summed E-state index contributed by atoms with van der Waals surface area (Å²) in [6, 6.07) is 24.3. The molecule has 0 unspecified atom stereocenters. The Morgan fingerprint density at radius 1 is 0.861 bits per heavy atom. The van der Waals surface area contributed by atoms with E-state index in [1.165, 1.54) is 4.90 Å². The number of hydrogen-bond acceptors (Lipinski definition) is 4. The number of nitrogens with zero attached hydrogens (tertiary/aromatic N) is 3. The van der Waals surface area contributed by atoms with Gasteiger partial charge in [0, 0.05) is 22.3 Å². The molecule has 36 heavy (non-hydrogen) atoms. The zero-order valence-electron chi connectivity index (χ0n) is 19.5. The lowest BCUT2D eigenvalue weighted by Crippen LogP contribution is -2.55. The van der Waals surface area contributed by atoms with Crippen LogP contribution in [-0.2, 0) is 26.5 Å². The van der Waals surface area contributed by atoms with Crippen LogP contribution in [0.4, 0.5) is 11.4 Å². The lowest BCUT2D eigenvalue weighted by molar-refractivity contribution is -0.137. The number of hydrogen-bond donors (Lipinski definition) is 0. The molecule has 6 nitrogen and oxygen atoms in total. The largest absolute Gasteiger partial charge is 0.306 e. The zero-order chi connectivity index (χ0) is 24.6. The number of fused-ring (bicyclic) bond motifs is 7. The summed E-state index contributed by atoms with van der Waals surface area (Å²) in [5.74, 6) is -1.94. The zero-order valence-corrected chi connectivity index (χ0v) is 20.3. The van der Waals surface area contributed by atoms with Crippen LogP contribution in [0, 0.1) is 11.8 Å². The molecule has 3 aromatic carbocycles. The fraction of sp³-hybridized carbons (Fsp3) is 0.276. The number of amides is 3. The van der Waals surface area contributed by atoms with Crippen molar-refractivity contribution in [3.63, 3.8) is 0 Å². The molecule has 0 N–H and O–H groups in total. The average molecular weight is 498 g/mol. The molecule has 180 valence electrons. The highest BCUT2D eigenvalue weighted by molar-refractivity contribution is 6.31. The van der Waals surface area contributed by atoms with Crippen LogP contribution in [-0.4, -0.2) is 35.2 Å². The SMILES string of the molecule is O=C1[C@H]2[C@@H](C(=O)N1c1ccc(Cl)cc1)[C@@]1(C(=O)N(Cc3ccccc3)c3ccccc31)N1CCC[C@@H]21. The number of imide groups is 1. The Hall–Kier alpha value is -3.48. The van der Waals surface area contributed by atoms with Crippen LogP contribution in [0.2, 0.25) is 5.02 Å². The van der Waals surface area contributed by atoms with E-state index in [0.29, 0.717) is 23.8 Å². The van der Waals surface area contributed by atoms with Crippen LogP contribution >= 0.6 is 11.6 Å². The second-order valence-corrected chi connectivity index (χ2v) is 10.5. The number of carbonyl (C=O) groups excluding carboxylic acids is 3. The molecule has 0 saturated carbocycles. The Morgan fingerprint density at radius 3 is 2.36 bits per heavy atom. The molecule has 3 fully saturated rings. The van der Waals surface area contributed by atoms with Gasteiger partial charge in [-0.1, -0.05) is 60.1 Å². The minimum absolute atomic E-state index is 0.106. The van der Waals surface area contributed by atoms with Crippen LogP contribution in [0.3, 0.4) is 0 Å². The van der Waals surface area contributed by atoms with E-state index in [9.17, 15) is 14.4 Å². The summed E-state index contributed by atoms with van der Waals surface area (Å²) in [5.41, 5.74) is 2.00. The molecule has 3 saturated heterocycles. The van der Waals surface area contributed by atoms with Crippen molar-refractivity contribution in [3.05, 3.63) is 95.0 Å². The van der Waals surface area contributed by atoms with Crippen molar-refractivity contribution in [1.82, 2.24) is 4.90 Å². The summed E-state index contributed by atoms with van der Waals surface area (Å²) in [6.45, 7) is 1.11. The van der Waals surface area contributed by atoms with Gasteiger partial charge in [-0.25, -0.2) is 4.90 Å². The van der Waals surface area contributed by atoms with Gasteiger partial charge in [0.2, 0.25) is 11.8 Å². The predicted octanol–water partition coefficient (Wildman–Crippen LogP) is 4.37. The van der Waals surface area contributed by atoms with Gasteiger partial charge >= 0.3 is 0 Å². The quantitative estimate of drug-likeness (QED) is 0.504. The molecule has 0 aliphatic carbocycles. The normalized spacial score (nSPS) is 28.8. The molecule has 1 spiro atoms. The molecule has 7 rings (SSSR count). The molecule has 7 heteroatoms. The van der Waals surface area contributed by atoms with Gasteiger partial charge in [-0.05, 0) is 55.3 Å². The highest BCUT2D eigenvalue weighted by Crippen LogP contribution is 2.62. The highest BCUT2D eigenvalue weighted by Gasteiger charge is 2.75. The second kappa shape index (κ2) is 7.76. The lowest BCUT2D eigenvalue weighted by atomic mass is 9.75. The molecule has 4 atom stereocenters. The van der Waals surface area contributed by atoms with Gasteiger partial charge in [-0.2, -0.15) is 0 Å². The number of anilines is 2. The average Bonchev–Trinajstić information content (AvgIpc) is 3.60. The molecule has 0 bridgehead atoms. The Morgan fingerprint density at radius 2 is 1.58 bits per heavy atom. The van der Waals surface area contributed by atoms with Gasteiger partial charge in [-0.3, -0.25) is 19.3 Å². The monoisotopic (exact) mass is 497 g/mol. The molecule has 0 radical (unpaired) electrons. The maximum atomic E-state index is 14.6. The van der Waals surface area contributed by atoms with Crippen LogP contribution in [0.15, 0.2) is 78.9 Å². The summed E-state index contributed by atoms with van der Waals surface area (Å²) < 4.78 is 0. The molecule has 4 heterocycles. The van der Waals surface area contributed by atoms with Gasteiger partial charge in [0.25, 0.3) is 5.91 Å². The third kappa shape index (κ3) is 2.69. The number of benzene rings is 3. The molecule has 0 aromatic heterocycles. The van der Waals surface area contributed by atoms with Crippen molar-refractivity contribution in [2.75, 3.05) is 16.3 Å². The Kier molecular flexibility index (Phi) is 4.69. The smallest absolute Gasteiger partial charge is 0.253 e. The van der Waals surface area contributed by atoms with Crippen molar-refractivity contribution in [3.8, 4) is 0 Å². The summed E-state index contributed by atoms with van der Waals surface area (Å²) >= 11 is 6.07. The van der Waals surface area contributed by atoms with Gasteiger partial charge in [0.15, 0.2) is 0 Å². The van der Waals surface area contributed by atoms with Gasteiger partial charge in [-0.15, -0.1) is 0 Å². The van der Waals surface area contributed by atoms with E-state index in [1.807, 2.05) is 59.5 Å². The van der Waals surface area contributed by atoms with Gasteiger partial charge < -0.3 is 4.90 Å². The second-order valence-electron chi connectivity index (χ2n) is 10.1. The number of halogens is 1. The molecule has 3 amide bonds. The standard InChI is InChI=1S/C29H24ClN3O3/c30-19-12-14-20(15-13-19)33-26(34)24-23-11-6-16-32(23)29(25(24)27(33)35)21-9-4-5-10-22(21)31(28(29)36)17-18-7-2-1-3-8-18/h1-5,7-10,12-15,23-25H,6,11,16-17H2/t23-,24+,25-,29-/m0/s1. The number of rotatable bonds is 3. The van der Waals surface area contributed by atoms with Crippen molar-refractivity contribution < 1.29 is 14.4 Å². The number of para-hydroxylation sites is 1. The fourth-order valence-corrected chi connectivity index (χ4v) is 7.23. The third-order valence-electron chi connectivity index (χ3n) is 8.41. The Bertz CT molecular complexity index is 1410. The summed E-state index contributed by atoms with van der Waals surface area (Å²) in [7, 11) is 0. The maximum absolute atomic E-state index is 14.6. The third-order valence-corrected chi connectivity index (χ3v) is 8.66. The van der Waals surface area contributed by atoms with Crippen molar-refractivity contribution >= 4 is 40.7 Å².